The van der Waals surface area contributed by atoms with E-state index in [-0.39, 0.29) is 5.82 Å². The van der Waals surface area contributed by atoms with E-state index >= 15 is 0 Å². The van der Waals surface area contributed by atoms with E-state index in [1.54, 1.807) is 0 Å². The molecule has 1 aromatic rings. The van der Waals surface area contributed by atoms with Gasteiger partial charge in [-0.2, -0.15) is 0 Å². The topological polar surface area (TPSA) is 12.0 Å². The summed E-state index contributed by atoms with van der Waals surface area (Å²) < 4.78 is 14.1. The summed E-state index contributed by atoms with van der Waals surface area (Å²) in [5.74, 6) is -0.105. The number of hydrogen-bond acceptors (Lipinski definition) is 1. The second-order valence-electron chi connectivity index (χ2n) is 2.94. The smallest absolute Gasteiger partial charge is 0.129 e. The fraction of sp³-hybridized carbons (Fsp3) is 0.333. The average molecular weight is 230 g/mol. The molecule has 64 valence electrons. The second kappa shape index (κ2) is 3.05. The van der Waals surface area contributed by atoms with Crippen LogP contribution in [0.2, 0.25) is 0 Å². The van der Waals surface area contributed by atoms with Crippen LogP contribution in [-0.2, 0) is 6.42 Å². The molecule has 0 aliphatic carbocycles. The van der Waals surface area contributed by atoms with E-state index in [9.17, 15) is 4.39 Å². The van der Waals surface area contributed by atoms with Crippen molar-refractivity contribution in [3.8, 4) is 0 Å². The molecule has 12 heavy (non-hydrogen) atoms. The Morgan fingerprint density at radius 3 is 3.08 bits per heavy atom. The Morgan fingerprint density at radius 2 is 2.25 bits per heavy atom. The standard InChI is InChI=1S/C9H9BrFN/c10-6-4-8(11)7-2-1-3-12-9(7)5-6/h4-5,12H,1-3H2. The molecule has 1 N–H and O–H groups in total. The summed E-state index contributed by atoms with van der Waals surface area (Å²) in [7, 11) is 0. The Labute approximate surface area is 79.1 Å². The first-order chi connectivity index (χ1) is 5.77. The van der Waals surface area contributed by atoms with Gasteiger partial charge in [0.25, 0.3) is 0 Å². The highest BCUT2D eigenvalue weighted by Crippen LogP contribution is 2.28. The third kappa shape index (κ3) is 1.33. The molecule has 1 nitrogen and oxygen atoms in total. The quantitative estimate of drug-likeness (QED) is 0.722. The molecular formula is C9H9BrFN. The van der Waals surface area contributed by atoms with Gasteiger partial charge < -0.3 is 5.32 Å². The highest BCUT2D eigenvalue weighted by atomic mass is 79.9. The Kier molecular flexibility index (Phi) is 2.05. The maximum absolute atomic E-state index is 13.3. The van der Waals surface area contributed by atoms with Crippen LogP contribution in [0.4, 0.5) is 10.1 Å². The van der Waals surface area contributed by atoms with Crippen molar-refractivity contribution in [2.45, 2.75) is 12.8 Å². The summed E-state index contributed by atoms with van der Waals surface area (Å²) in [4.78, 5) is 0. The third-order valence-electron chi connectivity index (χ3n) is 2.08. The second-order valence-corrected chi connectivity index (χ2v) is 3.86. The van der Waals surface area contributed by atoms with Gasteiger partial charge in [0, 0.05) is 22.3 Å². The zero-order valence-electron chi connectivity index (χ0n) is 6.53. The third-order valence-corrected chi connectivity index (χ3v) is 2.54. The lowest BCUT2D eigenvalue weighted by Gasteiger charge is -2.18. The van der Waals surface area contributed by atoms with E-state index in [0.29, 0.717) is 0 Å². The predicted molar refractivity (Wildman–Crippen MR) is 50.9 cm³/mol. The van der Waals surface area contributed by atoms with E-state index in [4.69, 9.17) is 0 Å². The molecule has 0 aromatic heterocycles. The van der Waals surface area contributed by atoms with Crippen molar-refractivity contribution in [2.24, 2.45) is 0 Å². The highest BCUT2D eigenvalue weighted by molar-refractivity contribution is 9.10. The minimum atomic E-state index is -0.105. The lowest BCUT2D eigenvalue weighted by Crippen LogP contribution is -2.12. The van der Waals surface area contributed by atoms with Gasteiger partial charge in [0.15, 0.2) is 0 Å². The van der Waals surface area contributed by atoms with Crippen LogP contribution in [0.25, 0.3) is 0 Å². The maximum Gasteiger partial charge on any atom is 0.129 e. The van der Waals surface area contributed by atoms with Crippen molar-refractivity contribution in [3.05, 3.63) is 28.0 Å². The molecule has 0 spiro atoms. The predicted octanol–water partition coefficient (Wildman–Crippen LogP) is 2.95. The molecule has 0 saturated carbocycles. The molecule has 1 aromatic carbocycles. The van der Waals surface area contributed by atoms with Gasteiger partial charge in [-0.25, -0.2) is 4.39 Å². The van der Waals surface area contributed by atoms with Crippen LogP contribution >= 0.6 is 15.9 Å². The van der Waals surface area contributed by atoms with Crippen LogP contribution in [0.3, 0.4) is 0 Å². The van der Waals surface area contributed by atoms with Crippen LogP contribution in [-0.4, -0.2) is 6.54 Å². The van der Waals surface area contributed by atoms with Crippen molar-refractivity contribution in [3.63, 3.8) is 0 Å². The van der Waals surface area contributed by atoms with Gasteiger partial charge in [0.1, 0.15) is 5.82 Å². The van der Waals surface area contributed by atoms with Gasteiger partial charge >= 0.3 is 0 Å². The molecule has 0 amide bonds. The van der Waals surface area contributed by atoms with Gasteiger partial charge in [-0.3, -0.25) is 0 Å². The normalized spacial score (nSPS) is 15.2. The van der Waals surface area contributed by atoms with E-state index in [0.717, 1.165) is 35.1 Å². The Bertz CT molecular complexity index is 312. The summed E-state index contributed by atoms with van der Waals surface area (Å²) in [6.45, 7) is 0.947. The molecule has 0 saturated heterocycles. The first-order valence-electron chi connectivity index (χ1n) is 3.99. The summed E-state index contributed by atoms with van der Waals surface area (Å²) in [6, 6.07) is 3.45. The van der Waals surface area contributed by atoms with Crippen molar-refractivity contribution in [2.75, 3.05) is 11.9 Å². The van der Waals surface area contributed by atoms with E-state index < -0.39 is 0 Å². The van der Waals surface area contributed by atoms with Gasteiger partial charge in [0.2, 0.25) is 0 Å². The van der Waals surface area contributed by atoms with Crippen LogP contribution in [0.15, 0.2) is 16.6 Å². The van der Waals surface area contributed by atoms with Crippen molar-refractivity contribution in [1.29, 1.82) is 0 Å². The minimum Gasteiger partial charge on any atom is -0.385 e. The molecule has 1 heterocycles. The van der Waals surface area contributed by atoms with E-state index in [1.807, 2.05) is 6.07 Å². The monoisotopic (exact) mass is 229 g/mol. The zero-order chi connectivity index (χ0) is 8.55. The van der Waals surface area contributed by atoms with Crippen molar-refractivity contribution < 1.29 is 4.39 Å². The minimum absolute atomic E-state index is 0.105. The molecule has 0 bridgehead atoms. The number of anilines is 1. The van der Waals surface area contributed by atoms with E-state index in [2.05, 4.69) is 21.2 Å². The number of halogens is 2. The molecule has 0 fully saturated rings. The summed E-state index contributed by atoms with van der Waals surface area (Å²) in [5.41, 5.74) is 1.76. The zero-order valence-corrected chi connectivity index (χ0v) is 8.12. The van der Waals surface area contributed by atoms with Gasteiger partial charge in [-0.05, 0) is 25.0 Å². The number of hydrogen-bond donors (Lipinski definition) is 1. The Balaban J connectivity index is 2.53. The summed E-state index contributed by atoms with van der Waals surface area (Å²) >= 11 is 3.26. The molecule has 0 radical (unpaired) electrons. The number of benzene rings is 1. The average Bonchev–Trinajstić information content (AvgIpc) is 2.04. The molecule has 1 aliphatic heterocycles. The van der Waals surface area contributed by atoms with Crippen LogP contribution in [0.1, 0.15) is 12.0 Å². The van der Waals surface area contributed by atoms with Crippen LogP contribution < -0.4 is 5.32 Å². The molecule has 0 atom stereocenters. The van der Waals surface area contributed by atoms with E-state index in [1.165, 1.54) is 6.07 Å². The van der Waals surface area contributed by atoms with Crippen LogP contribution in [0.5, 0.6) is 0 Å². The summed E-state index contributed by atoms with van der Waals surface area (Å²) in [6.07, 6.45) is 1.87. The van der Waals surface area contributed by atoms with Crippen molar-refractivity contribution in [1.82, 2.24) is 0 Å². The fourth-order valence-corrected chi connectivity index (χ4v) is 1.93. The Hall–Kier alpha value is -0.570. The van der Waals surface area contributed by atoms with Crippen LogP contribution in [0, 0.1) is 5.82 Å². The molecule has 3 heteroatoms. The van der Waals surface area contributed by atoms with Gasteiger partial charge in [0.05, 0.1) is 0 Å². The molecule has 1 aliphatic rings. The lowest BCUT2D eigenvalue weighted by atomic mass is 10.0. The number of nitrogens with one attached hydrogen (secondary N) is 1. The fourth-order valence-electron chi connectivity index (χ4n) is 1.50. The maximum atomic E-state index is 13.3. The molecule has 0 unspecified atom stereocenters. The number of rotatable bonds is 0. The van der Waals surface area contributed by atoms with Gasteiger partial charge in [-0.15, -0.1) is 0 Å². The number of fused-ring (bicyclic) bond motifs is 1. The molecular weight excluding hydrogens is 221 g/mol. The Morgan fingerprint density at radius 1 is 1.42 bits per heavy atom. The van der Waals surface area contributed by atoms with Crippen molar-refractivity contribution >= 4 is 21.6 Å². The SMILES string of the molecule is Fc1cc(Br)cc2c1CCCN2. The first-order valence-corrected chi connectivity index (χ1v) is 4.78. The first kappa shape index (κ1) is 8.05. The molecule has 2 rings (SSSR count). The summed E-state index contributed by atoms with van der Waals surface area (Å²) in [5, 5.41) is 3.17. The largest absolute Gasteiger partial charge is 0.385 e. The highest BCUT2D eigenvalue weighted by Gasteiger charge is 2.13. The van der Waals surface area contributed by atoms with Gasteiger partial charge in [-0.1, -0.05) is 15.9 Å². The lowest BCUT2D eigenvalue weighted by molar-refractivity contribution is 0.601.